The van der Waals surface area contributed by atoms with Crippen molar-refractivity contribution < 1.29 is 9.53 Å². The molecule has 1 saturated heterocycles. The first-order valence-corrected chi connectivity index (χ1v) is 5.53. The summed E-state index contributed by atoms with van der Waals surface area (Å²) in [5, 5.41) is 10.6. The Hall–Kier alpha value is -1.43. The van der Waals surface area contributed by atoms with E-state index in [4.69, 9.17) is 4.74 Å². The number of nitrogens with zero attached hydrogens (tertiary/aromatic N) is 3. The second-order valence-electron chi connectivity index (χ2n) is 3.93. The first-order chi connectivity index (χ1) is 7.84. The highest BCUT2D eigenvalue weighted by atomic mass is 16.5. The van der Waals surface area contributed by atoms with Crippen molar-refractivity contribution in [1.29, 1.82) is 0 Å². The SMILES string of the molecule is O=C(Cn1nccn1)NCCC1CCOC1. The molecule has 6 heteroatoms. The summed E-state index contributed by atoms with van der Waals surface area (Å²) in [5.41, 5.74) is 0. The summed E-state index contributed by atoms with van der Waals surface area (Å²) in [6.07, 6.45) is 5.21. The van der Waals surface area contributed by atoms with E-state index in [1.165, 1.54) is 4.80 Å². The minimum Gasteiger partial charge on any atom is -0.381 e. The number of hydrogen-bond donors (Lipinski definition) is 1. The van der Waals surface area contributed by atoms with E-state index in [-0.39, 0.29) is 12.5 Å². The van der Waals surface area contributed by atoms with Gasteiger partial charge in [-0.1, -0.05) is 0 Å². The number of nitrogens with one attached hydrogen (secondary N) is 1. The van der Waals surface area contributed by atoms with E-state index >= 15 is 0 Å². The number of aromatic nitrogens is 3. The molecule has 0 spiro atoms. The number of hydrogen-bond acceptors (Lipinski definition) is 4. The zero-order chi connectivity index (χ0) is 11.2. The number of ether oxygens (including phenoxy) is 1. The second kappa shape index (κ2) is 5.60. The molecule has 2 heterocycles. The summed E-state index contributed by atoms with van der Waals surface area (Å²) >= 11 is 0. The average Bonchev–Trinajstić information content (AvgIpc) is 2.90. The highest BCUT2D eigenvalue weighted by Gasteiger charge is 2.15. The van der Waals surface area contributed by atoms with Gasteiger partial charge in [0.25, 0.3) is 0 Å². The van der Waals surface area contributed by atoms with Crippen molar-refractivity contribution in [2.24, 2.45) is 5.92 Å². The third-order valence-corrected chi connectivity index (χ3v) is 2.65. The molecule has 1 unspecified atom stereocenters. The molecule has 1 N–H and O–H groups in total. The predicted octanol–water partition coefficient (Wildman–Crippen LogP) is -0.179. The Morgan fingerprint density at radius 2 is 2.31 bits per heavy atom. The molecule has 6 nitrogen and oxygen atoms in total. The normalized spacial score (nSPS) is 19.9. The standard InChI is InChI=1S/C10H16N4O2/c15-10(7-14-12-4-5-13-14)11-3-1-9-2-6-16-8-9/h4-5,9H,1-3,6-8H2,(H,11,15). The second-order valence-corrected chi connectivity index (χ2v) is 3.93. The van der Waals surface area contributed by atoms with Gasteiger partial charge in [-0.2, -0.15) is 15.0 Å². The van der Waals surface area contributed by atoms with Crippen LogP contribution in [0.15, 0.2) is 12.4 Å². The molecule has 1 aromatic heterocycles. The maximum absolute atomic E-state index is 11.4. The lowest BCUT2D eigenvalue weighted by Gasteiger charge is -2.08. The van der Waals surface area contributed by atoms with Crippen molar-refractivity contribution in [3.8, 4) is 0 Å². The maximum atomic E-state index is 11.4. The molecule has 16 heavy (non-hydrogen) atoms. The zero-order valence-electron chi connectivity index (χ0n) is 9.13. The lowest BCUT2D eigenvalue weighted by Crippen LogP contribution is -2.30. The fourth-order valence-electron chi connectivity index (χ4n) is 1.74. The Labute approximate surface area is 94.0 Å². The van der Waals surface area contributed by atoms with Crippen LogP contribution in [0.4, 0.5) is 0 Å². The van der Waals surface area contributed by atoms with E-state index in [9.17, 15) is 4.79 Å². The van der Waals surface area contributed by atoms with E-state index in [0.29, 0.717) is 12.5 Å². The third-order valence-electron chi connectivity index (χ3n) is 2.65. The van der Waals surface area contributed by atoms with Crippen LogP contribution in [0.5, 0.6) is 0 Å². The summed E-state index contributed by atoms with van der Waals surface area (Å²) in [5.74, 6) is 0.554. The maximum Gasteiger partial charge on any atom is 0.243 e. The number of carbonyl (C=O) groups is 1. The van der Waals surface area contributed by atoms with Gasteiger partial charge in [-0.3, -0.25) is 4.79 Å². The van der Waals surface area contributed by atoms with Crippen LogP contribution in [0, 0.1) is 5.92 Å². The minimum absolute atomic E-state index is 0.0462. The molecule has 1 fully saturated rings. The van der Waals surface area contributed by atoms with E-state index in [2.05, 4.69) is 15.5 Å². The highest BCUT2D eigenvalue weighted by molar-refractivity contribution is 5.75. The molecule has 2 rings (SSSR count). The van der Waals surface area contributed by atoms with E-state index in [1.807, 2.05) is 0 Å². The fraction of sp³-hybridized carbons (Fsp3) is 0.700. The molecule has 0 radical (unpaired) electrons. The Morgan fingerprint density at radius 3 is 3.00 bits per heavy atom. The minimum atomic E-state index is -0.0462. The quantitative estimate of drug-likeness (QED) is 0.753. The molecular weight excluding hydrogens is 208 g/mol. The lowest BCUT2D eigenvalue weighted by atomic mass is 10.1. The molecule has 1 aliphatic heterocycles. The molecule has 1 amide bonds. The Bertz CT molecular complexity index is 320. The summed E-state index contributed by atoms with van der Waals surface area (Å²) < 4.78 is 5.26. The van der Waals surface area contributed by atoms with Gasteiger partial charge in [-0.25, -0.2) is 0 Å². The summed E-state index contributed by atoms with van der Waals surface area (Å²) in [6.45, 7) is 2.58. The van der Waals surface area contributed by atoms with Gasteiger partial charge in [0.05, 0.1) is 12.4 Å². The van der Waals surface area contributed by atoms with Crippen LogP contribution < -0.4 is 5.32 Å². The van der Waals surface area contributed by atoms with E-state index < -0.39 is 0 Å². The molecule has 0 bridgehead atoms. The van der Waals surface area contributed by atoms with Crippen LogP contribution >= 0.6 is 0 Å². The van der Waals surface area contributed by atoms with E-state index in [1.54, 1.807) is 12.4 Å². The van der Waals surface area contributed by atoms with Crippen LogP contribution in [0.2, 0.25) is 0 Å². The number of carbonyl (C=O) groups excluding carboxylic acids is 1. The largest absolute Gasteiger partial charge is 0.381 e. The van der Waals surface area contributed by atoms with Crippen molar-refractivity contribution in [3.05, 3.63) is 12.4 Å². The van der Waals surface area contributed by atoms with Crippen molar-refractivity contribution in [2.75, 3.05) is 19.8 Å². The van der Waals surface area contributed by atoms with Gasteiger partial charge in [0, 0.05) is 19.8 Å². The fourth-order valence-corrected chi connectivity index (χ4v) is 1.74. The Morgan fingerprint density at radius 1 is 1.50 bits per heavy atom. The van der Waals surface area contributed by atoms with Crippen molar-refractivity contribution in [3.63, 3.8) is 0 Å². The molecule has 1 atom stereocenters. The lowest BCUT2D eigenvalue weighted by molar-refractivity contribution is -0.122. The summed E-state index contributed by atoms with van der Waals surface area (Å²) in [7, 11) is 0. The van der Waals surface area contributed by atoms with E-state index in [0.717, 1.165) is 26.1 Å². The smallest absolute Gasteiger partial charge is 0.243 e. The summed E-state index contributed by atoms with van der Waals surface area (Å²) in [4.78, 5) is 12.8. The van der Waals surface area contributed by atoms with Crippen molar-refractivity contribution in [2.45, 2.75) is 19.4 Å². The predicted molar refractivity (Wildman–Crippen MR) is 56.6 cm³/mol. The van der Waals surface area contributed by atoms with Gasteiger partial charge < -0.3 is 10.1 Å². The van der Waals surface area contributed by atoms with Crippen LogP contribution in [0.25, 0.3) is 0 Å². The highest BCUT2D eigenvalue weighted by Crippen LogP contribution is 2.14. The third kappa shape index (κ3) is 3.30. The van der Waals surface area contributed by atoms with Gasteiger partial charge in [-0.15, -0.1) is 0 Å². The first-order valence-electron chi connectivity index (χ1n) is 5.53. The first kappa shape index (κ1) is 11.1. The van der Waals surface area contributed by atoms with Crippen LogP contribution in [-0.4, -0.2) is 40.7 Å². The summed E-state index contributed by atoms with van der Waals surface area (Å²) in [6, 6.07) is 0. The molecule has 0 aliphatic carbocycles. The molecular formula is C10H16N4O2. The molecule has 88 valence electrons. The number of amides is 1. The van der Waals surface area contributed by atoms with Gasteiger partial charge >= 0.3 is 0 Å². The van der Waals surface area contributed by atoms with Crippen molar-refractivity contribution >= 4 is 5.91 Å². The monoisotopic (exact) mass is 224 g/mol. The van der Waals surface area contributed by atoms with Crippen molar-refractivity contribution in [1.82, 2.24) is 20.3 Å². The molecule has 0 aromatic carbocycles. The molecule has 1 aliphatic rings. The van der Waals surface area contributed by atoms with Gasteiger partial charge in [-0.05, 0) is 18.8 Å². The van der Waals surface area contributed by atoms with Gasteiger partial charge in [0.1, 0.15) is 6.54 Å². The Balaban J connectivity index is 1.60. The van der Waals surface area contributed by atoms with Crippen LogP contribution in [0.3, 0.4) is 0 Å². The van der Waals surface area contributed by atoms with Gasteiger partial charge in [0.15, 0.2) is 0 Å². The topological polar surface area (TPSA) is 69.0 Å². The van der Waals surface area contributed by atoms with Crippen LogP contribution in [-0.2, 0) is 16.1 Å². The van der Waals surface area contributed by atoms with Crippen LogP contribution in [0.1, 0.15) is 12.8 Å². The average molecular weight is 224 g/mol. The molecule has 0 saturated carbocycles. The van der Waals surface area contributed by atoms with Gasteiger partial charge in [0.2, 0.25) is 5.91 Å². The Kier molecular flexibility index (Phi) is 3.87. The molecule has 1 aromatic rings. The zero-order valence-corrected chi connectivity index (χ0v) is 9.13. The number of rotatable bonds is 5.